The second-order valence-electron chi connectivity index (χ2n) is 10.7. The SMILES string of the molecule is CC(C)S(=O)(=O)n1c(CCN)nc2ccc(C(=O)C(O[Si](C)(C)C(C)(C)C)c3ccccc3)cc21. The number of imidazole rings is 1. The first kappa shape index (κ1) is 27.3. The number of ketones is 1. The molecule has 35 heavy (non-hydrogen) atoms. The second-order valence-corrected chi connectivity index (χ2v) is 17.8. The number of carbonyl (C=O) groups excluding carboxylic acids is 1. The van der Waals surface area contributed by atoms with Crippen molar-refractivity contribution in [2.45, 2.75) is 70.5 Å². The maximum Gasteiger partial charge on any atom is 0.242 e. The molecule has 0 aliphatic carbocycles. The molecular weight excluding hydrogens is 478 g/mol. The summed E-state index contributed by atoms with van der Waals surface area (Å²) in [6, 6.07) is 14.5. The molecule has 0 saturated heterocycles. The van der Waals surface area contributed by atoms with Gasteiger partial charge in [-0.1, -0.05) is 51.1 Å². The number of fused-ring (bicyclic) bond motifs is 1. The van der Waals surface area contributed by atoms with Crippen LogP contribution in [0.4, 0.5) is 0 Å². The number of hydrogen-bond donors (Lipinski definition) is 1. The van der Waals surface area contributed by atoms with Crippen molar-refractivity contribution in [2.75, 3.05) is 6.54 Å². The zero-order valence-electron chi connectivity index (χ0n) is 21.7. The summed E-state index contributed by atoms with van der Waals surface area (Å²) < 4.78 is 34.3. The number of hydrogen-bond acceptors (Lipinski definition) is 6. The summed E-state index contributed by atoms with van der Waals surface area (Å²) in [5.74, 6) is 0.163. The van der Waals surface area contributed by atoms with Gasteiger partial charge in [0.2, 0.25) is 10.0 Å². The molecule has 2 aromatic carbocycles. The van der Waals surface area contributed by atoms with Gasteiger partial charge in [0.1, 0.15) is 11.9 Å². The van der Waals surface area contributed by atoms with Crippen molar-refractivity contribution in [1.82, 2.24) is 8.96 Å². The average Bonchev–Trinajstić information content (AvgIpc) is 3.14. The first-order chi connectivity index (χ1) is 16.2. The predicted octanol–water partition coefficient (Wildman–Crippen LogP) is 5.07. The normalized spacial score (nSPS) is 14.0. The van der Waals surface area contributed by atoms with Gasteiger partial charge in [0.15, 0.2) is 14.1 Å². The van der Waals surface area contributed by atoms with Crippen LogP contribution in [0.2, 0.25) is 18.1 Å². The fraction of sp³-hybridized carbons (Fsp3) is 0.462. The zero-order chi connectivity index (χ0) is 26.2. The van der Waals surface area contributed by atoms with Crippen molar-refractivity contribution in [2.24, 2.45) is 5.73 Å². The molecular formula is C26H37N3O4SSi. The van der Waals surface area contributed by atoms with E-state index in [0.717, 1.165) is 5.56 Å². The van der Waals surface area contributed by atoms with Gasteiger partial charge in [0, 0.05) is 12.0 Å². The third-order valence-electron chi connectivity index (χ3n) is 6.74. The van der Waals surface area contributed by atoms with Gasteiger partial charge < -0.3 is 10.2 Å². The molecule has 1 atom stereocenters. The van der Waals surface area contributed by atoms with Gasteiger partial charge in [-0.05, 0) is 62.3 Å². The van der Waals surface area contributed by atoms with Crippen LogP contribution in [0, 0.1) is 0 Å². The third kappa shape index (κ3) is 5.43. The maximum absolute atomic E-state index is 13.9. The van der Waals surface area contributed by atoms with Crippen LogP contribution in [0.1, 0.15) is 62.5 Å². The van der Waals surface area contributed by atoms with E-state index in [4.69, 9.17) is 10.2 Å². The molecule has 9 heteroatoms. The smallest absolute Gasteiger partial charge is 0.242 e. The number of benzene rings is 2. The molecule has 190 valence electrons. The molecule has 0 radical (unpaired) electrons. The highest BCUT2D eigenvalue weighted by molar-refractivity contribution is 7.90. The molecule has 2 N–H and O–H groups in total. The summed E-state index contributed by atoms with van der Waals surface area (Å²) in [6.07, 6.45) is -0.485. The van der Waals surface area contributed by atoms with E-state index in [9.17, 15) is 13.2 Å². The molecule has 0 spiro atoms. The number of nitrogens with two attached hydrogens (primary N) is 1. The summed E-state index contributed by atoms with van der Waals surface area (Å²) in [4.78, 5) is 18.4. The zero-order valence-corrected chi connectivity index (χ0v) is 23.5. The minimum absolute atomic E-state index is 0.0919. The van der Waals surface area contributed by atoms with Crippen molar-refractivity contribution >= 4 is 35.2 Å². The lowest BCUT2D eigenvalue weighted by molar-refractivity contribution is 0.0767. The largest absolute Gasteiger partial charge is 0.403 e. The Balaban J connectivity index is 2.17. The van der Waals surface area contributed by atoms with Crippen LogP contribution in [0.25, 0.3) is 11.0 Å². The highest BCUT2D eigenvalue weighted by atomic mass is 32.2. The monoisotopic (exact) mass is 515 g/mol. The second kappa shape index (κ2) is 9.97. The Morgan fingerprint density at radius 2 is 1.74 bits per heavy atom. The molecule has 0 aliphatic rings. The number of carbonyl (C=O) groups is 1. The lowest BCUT2D eigenvalue weighted by atomic mass is 10.00. The van der Waals surface area contributed by atoms with E-state index in [-0.39, 0.29) is 17.4 Å². The molecule has 0 fully saturated rings. The van der Waals surface area contributed by atoms with Crippen LogP contribution < -0.4 is 5.73 Å². The minimum atomic E-state index is -3.71. The number of Topliss-reactive ketones (excluding diaryl/α,β-unsaturated/α-hetero) is 1. The van der Waals surface area contributed by atoms with Crippen molar-refractivity contribution in [1.29, 1.82) is 0 Å². The van der Waals surface area contributed by atoms with Crippen LogP contribution in [0.5, 0.6) is 0 Å². The van der Waals surface area contributed by atoms with Crippen LogP contribution in [0.3, 0.4) is 0 Å². The van der Waals surface area contributed by atoms with E-state index < -0.39 is 29.7 Å². The Bertz CT molecular complexity index is 1310. The Morgan fingerprint density at radius 3 is 2.29 bits per heavy atom. The van der Waals surface area contributed by atoms with Crippen LogP contribution in [-0.2, 0) is 20.9 Å². The molecule has 7 nitrogen and oxygen atoms in total. The molecule has 3 rings (SSSR count). The summed E-state index contributed by atoms with van der Waals surface area (Å²) >= 11 is 0. The molecule has 0 bridgehead atoms. The van der Waals surface area contributed by atoms with Gasteiger partial charge in [0.25, 0.3) is 0 Å². The van der Waals surface area contributed by atoms with Crippen molar-refractivity contribution in [3.63, 3.8) is 0 Å². The Hall–Kier alpha value is -2.33. The molecule has 1 aromatic heterocycles. The molecule has 1 unspecified atom stereocenters. The van der Waals surface area contributed by atoms with Gasteiger partial charge in [-0.3, -0.25) is 4.79 Å². The Morgan fingerprint density at radius 1 is 1.11 bits per heavy atom. The van der Waals surface area contributed by atoms with Gasteiger partial charge in [-0.25, -0.2) is 17.4 Å². The van der Waals surface area contributed by atoms with Gasteiger partial charge in [-0.2, -0.15) is 0 Å². The molecule has 0 aliphatic heterocycles. The van der Waals surface area contributed by atoms with Crippen molar-refractivity contribution < 1.29 is 17.6 Å². The quantitative estimate of drug-likeness (QED) is 0.315. The topological polar surface area (TPSA) is 104 Å². The minimum Gasteiger partial charge on any atom is -0.403 e. The summed E-state index contributed by atoms with van der Waals surface area (Å²) in [6.45, 7) is 14.1. The first-order valence-electron chi connectivity index (χ1n) is 11.9. The molecule has 0 saturated carbocycles. The first-order valence-corrected chi connectivity index (χ1v) is 16.3. The van der Waals surface area contributed by atoms with Crippen LogP contribution >= 0.6 is 0 Å². The van der Waals surface area contributed by atoms with E-state index in [1.807, 2.05) is 30.3 Å². The molecule has 0 amide bonds. The fourth-order valence-corrected chi connectivity index (χ4v) is 6.02. The lowest BCUT2D eigenvalue weighted by Crippen LogP contribution is -2.43. The van der Waals surface area contributed by atoms with Crippen LogP contribution in [0.15, 0.2) is 48.5 Å². The number of rotatable bonds is 9. The standard InChI is InChI=1S/C26H37N3O4SSi/c1-18(2)34(31,32)29-22-17-20(13-14-21(22)28-23(29)15-16-27)24(30)25(19-11-9-8-10-12-19)33-35(6,7)26(3,4)5/h8-14,17-18,25H,15-16,27H2,1-7H3. The van der Waals surface area contributed by atoms with Gasteiger partial charge in [-0.15, -0.1) is 0 Å². The third-order valence-corrected chi connectivity index (χ3v) is 13.3. The van der Waals surface area contributed by atoms with E-state index in [1.54, 1.807) is 32.0 Å². The van der Waals surface area contributed by atoms with E-state index in [2.05, 4.69) is 38.8 Å². The molecule has 3 aromatic rings. The predicted molar refractivity (Wildman–Crippen MR) is 144 cm³/mol. The van der Waals surface area contributed by atoms with Gasteiger partial charge in [0.05, 0.1) is 16.3 Å². The Kier molecular flexibility index (Phi) is 7.76. The summed E-state index contributed by atoms with van der Waals surface area (Å²) in [5.41, 5.74) is 7.78. The number of nitrogens with zero attached hydrogens (tertiary/aromatic N) is 2. The summed E-state index contributed by atoms with van der Waals surface area (Å²) in [7, 11) is -6.02. The van der Waals surface area contributed by atoms with Crippen LogP contribution in [-0.4, -0.2) is 43.3 Å². The number of aromatic nitrogens is 2. The fourth-order valence-electron chi connectivity index (χ4n) is 3.56. The summed E-state index contributed by atoms with van der Waals surface area (Å²) in [5, 5.41) is -0.750. The lowest BCUT2D eigenvalue weighted by Gasteiger charge is -2.39. The van der Waals surface area contributed by atoms with Crippen molar-refractivity contribution in [3.8, 4) is 0 Å². The molecule has 1 heterocycles. The average molecular weight is 516 g/mol. The maximum atomic E-state index is 13.9. The van der Waals surface area contributed by atoms with E-state index >= 15 is 0 Å². The van der Waals surface area contributed by atoms with Gasteiger partial charge >= 0.3 is 0 Å². The van der Waals surface area contributed by atoms with E-state index in [0.29, 0.717) is 28.8 Å². The highest BCUT2D eigenvalue weighted by Crippen LogP contribution is 2.40. The Labute approximate surface area is 209 Å². The highest BCUT2D eigenvalue weighted by Gasteiger charge is 2.41. The van der Waals surface area contributed by atoms with Crippen molar-refractivity contribution in [3.05, 3.63) is 65.5 Å². The van der Waals surface area contributed by atoms with E-state index in [1.165, 1.54) is 3.97 Å².